The van der Waals surface area contributed by atoms with Crippen molar-refractivity contribution in [3.8, 4) is 35.3 Å². The number of aliphatic hydroxyl groups is 6. The summed E-state index contributed by atoms with van der Waals surface area (Å²) in [6.07, 6.45) is -2.48. The van der Waals surface area contributed by atoms with Crippen molar-refractivity contribution in [2.24, 2.45) is 17.8 Å². The van der Waals surface area contributed by atoms with Gasteiger partial charge in [-0.2, -0.15) is 0 Å². The number of nitrogens with one attached hydrogen (secondary N) is 2. The van der Waals surface area contributed by atoms with Gasteiger partial charge in [0.1, 0.15) is 66.5 Å². The van der Waals surface area contributed by atoms with E-state index in [1.165, 1.54) is 27.2 Å². The topological polar surface area (TPSA) is 260 Å². The van der Waals surface area contributed by atoms with Gasteiger partial charge in [-0.3, -0.25) is 9.59 Å². The summed E-state index contributed by atoms with van der Waals surface area (Å²) >= 11 is 0. The molecule has 0 aromatic heterocycles. The first-order chi connectivity index (χ1) is 37.7. The fraction of sp³-hybridized carbons (Fsp3) is 0.643. The van der Waals surface area contributed by atoms with Gasteiger partial charge in [-0.1, -0.05) is 63.9 Å². The zero-order chi connectivity index (χ0) is 54.5. The molecule has 8 N–H and O–H groups in total. The molecule has 21 atom stereocenters. The first kappa shape index (κ1) is 54.4. The first-order valence-corrected chi connectivity index (χ1v) is 29.8. The molecule has 2 aromatic rings. The predicted octanol–water partition coefficient (Wildman–Crippen LogP) is -0.0671. The van der Waals surface area contributed by atoms with Crippen LogP contribution < -0.4 is 29.6 Å². The predicted molar refractivity (Wildman–Crippen MR) is 284 cm³/mol. The number of carbonyl (C=O) groups is 2. The molecule has 422 valence electrons. The fourth-order valence-electron chi connectivity index (χ4n) is 14.9. The Morgan fingerprint density at radius 3 is 1.83 bits per heavy atom. The molecule has 4 saturated heterocycles. The number of piperidine rings is 1. The molecule has 10 aliphatic rings. The summed E-state index contributed by atoms with van der Waals surface area (Å²) in [7, 11) is 7.04. The first-order valence-electron chi connectivity index (χ1n) is 27.3. The third kappa shape index (κ3) is 8.51. The summed E-state index contributed by atoms with van der Waals surface area (Å²) in [5, 5.41) is 71.9. The molecule has 6 aliphatic heterocycles. The maximum Gasteiger partial charge on any atom is 0.252 e. The molecule has 20 nitrogen and oxygen atoms in total. The van der Waals surface area contributed by atoms with E-state index in [0.29, 0.717) is 47.7 Å². The van der Waals surface area contributed by atoms with Crippen LogP contribution in [0.15, 0.2) is 48.6 Å². The van der Waals surface area contributed by atoms with Crippen LogP contribution in [0, 0.1) is 30.1 Å². The Morgan fingerprint density at radius 1 is 0.705 bits per heavy atom. The lowest BCUT2D eigenvalue weighted by molar-refractivity contribution is -0.304. The third-order valence-corrected chi connectivity index (χ3v) is 20.7. The van der Waals surface area contributed by atoms with E-state index in [4.69, 9.17) is 44.3 Å². The minimum atomic E-state index is -1.79. The maximum absolute atomic E-state index is 13.6. The molecule has 22 heteroatoms. The van der Waals surface area contributed by atoms with Crippen LogP contribution in [0.2, 0.25) is 0 Å². The van der Waals surface area contributed by atoms with E-state index in [-0.39, 0.29) is 42.9 Å². The fourth-order valence-corrected chi connectivity index (χ4v) is 16.7. The Bertz CT molecular complexity index is 2750. The molecular formula is C56H70N4O16S2. The number of carbonyl (C=O) groups excluding carboxylic acids is 2. The quantitative estimate of drug-likeness (QED) is 0.0447. The zero-order valence-electron chi connectivity index (χ0n) is 43.9. The Morgan fingerprint density at radius 2 is 1.24 bits per heavy atom. The minimum Gasteiger partial charge on any atom is -0.490 e. The second kappa shape index (κ2) is 21.3. The molecule has 0 radical (unpaired) electrons. The van der Waals surface area contributed by atoms with E-state index >= 15 is 0 Å². The van der Waals surface area contributed by atoms with Crippen LogP contribution in [0.3, 0.4) is 0 Å². The van der Waals surface area contributed by atoms with Crippen molar-refractivity contribution in [3.63, 3.8) is 0 Å². The summed E-state index contributed by atoms with van der Waals surface area (Å²) in [6, 6.07) is 8.42. The number of ether oxygens (including phenoxy) is 8. The summed E-state index contributed by atoms with van der Waals surface area (Å²) < 4.78 is 50.6. The van der Waals surface area contributed by atoms with Crippen molar-refractivity contribution in [1.82, 2.24) is 20.4 Å². The van der Waals surface area contributed by atoms with E-state index in [0.717, 1.165) is 49.0 Å². The number of amides is 2. The van der Waals surface area contributed by atoms with Crippen LogP contribution in [0.25, 0.3) is 0 Å². The van der Waals surface area contributed by atoms with Crippen molar-refractivity contribution in [1.29, 1.82) is 0 Å². The van der Waals surface area contributed by atoms with Gasteiger partial charge in [0.25, 0.3) is 11.8 Å². The van der Waals surface area contributed by atoms with Crippen LogP contribution in [0.4, 0.5) is 0 Å². The monoisotopic (exact) mass is 1120 g/mol. The number of aliphatic hydroxyl groups excluding tert-OH is 6. The molecule has 2 bridgehead atoms. The molecule has 4 fully saturated rings. The lowest BCUT2D eigenvalue weighted by Gasteiger charge is -2.57. The van der Waals surface area contributed by atoms with Crippen LogP contribution in [0.5, 0.6) is 23.0 Å². The molecule has 12 rings (SSSR count). The average molecular weight is 1120 g/mol. The lowest BCUT2D eigenvalue weighted by Crippen LogP contribution is -2.66. The summed E-state index contributed by atoms with van der Waals surface area (Å²) in [5.41, 5.74) is 2.95. The molecular weight excluding hydrogens is 1050 g/mol. The highest BCUT2D eigenvalue weighted by molar-refractivity contribution is 8.76. The van der Waals surface area contributed by atoms with Crippen LogP contribution in [-0.4, -0.2) is 215 Å². The molecule has 1 spiro atoms. The highest BCUT2D eigenvalue weighted by atomic mass is 33.1. The molecule has 3 unspecified atom stereocenters. The number of nitrogens with zero attached hydrogens (tertiary/aromatic N) is 2. The normalized spacial score (nSPS) is 41.2. The number of rotatable bonds is 17. The van der Waals surface area contributed by atoms with E-state index < -0.39 is 108 Å². The number of likely N-dealkylation sites (tertiary alicyclic amines) is 2. The van der Waals surface area contributed by atoms with Crippen LogP contribution in [0.1, 0.15) is 42.5 Å². The van der Waals surface area contributed by atoms with Gasteiger partial charge in [0.05, 0.1) is 13.2 Å². The Kier molecular flexibility index (Phi) is 14.9. The Balaban J connectivity index is 0.627. The molecule has 78 heavy (non-hydrogen) atoms. The number of terminal acetylenes is 1. The molecule has 4 aliphatic carbocycles. The van der Waals surface area contributed by atoms with E-state index in [2.05, 4.69) is 64.7 Å². The smallest absolute Gasteiger partial charge is 0.252 e. The van der Waals surface area contributed by atoms with Crippen LogP contribution in [-0.2, 0) is 52.2 Å². The second-order valence-electron chi connectivity index (χ2n) is 22.3. The van der Waals surface area contributed by atoms with Crippen molar-refractivity contribution >= 4 is 33.4 Å². The van der Waals surface area contributed by atoms with Gasteiger partial charge in [0, 0.05) is 71.6 Å². The molecule has 6 heterocycles. The van der Waals surface area contributed by atoms with E-state index in [9.17, 15) is 40.2 Å². The van der Waals surface area contributed by atoms with Gasteiger partial charge < -0.3 is 89.0 Å². The van der Waals surface area contributed by atoms with E-state index in [1.807, 2.05) is 38.1 Å². The molecule has 2 amide bonds. The summed E-state index contributed by atoms with van der Waals surface area (Å²) in [4.78, 5) is 31.8. The van der Waals surface area contributed by atoms with Crippen molar-refractivity contribution in [2.45, 2.75) is 142 Å². The van der Waals surface area contributed by atoms with Gasteiger partial charge in [0.15, 0.2) is 47.8 Å². The summed E-state index contributed by atoms with van der Waals surface area (Å²) in [5.74, 6) is 5.24. The molecule has 0 saturated carbocycles. The Labute approximate surface area is 460 Å². The standard InChI is InChI=1S/C56H70N4O16S2/c1-6-55-36-28-11-15-34(49(55)73-45-32(69-7-2)14-10-27(37(45)55)24-31(36)60(5)25-28)71-53-43(65)39(61)41(63)47(75-53)51(67)57-18-21-77-78-22-19-58-52(68)48-42(64)40(62)44(66)54(76-48)72-35-16-12-29-30-23-26-9-13-33(70-8-3)46-38(26)56(29,50(35)74-46)17-20-59(30)4/h1,9-16,28-31,34-36,39-44,47-50,53-54,61-66H,7-8,17-25H2,2-5H3,(H,57,67)(H,58,68)/t28?,29?,30-,31-,34+,35+,36?,39+,40+,41+,42+,43-,44-,47+,48+,49+,50+,53-,54-,55+,56+/m1/s1. The number of benzene rings is 2. The number of hydrogen-bond acceptors (Lipinski definition) is 20. The van der Waals surface area contributed by atoms with Gasteiger partial charge >= 0.3 is 0 Å². The van der Waals surface area contributed by atoms with Gasteiger partial charge in [-0.25, -0.2) is 0 Å². The maximum atomic E-state index is 13.6. The molecule has 2 aromatic carbocycles. The largest absolute Gasteiger partial charge is 0.490 e. The number of hydrogen-bond donors (Lipinski definition) is 8. The van der Waals surface area contributed by atoms with Gasteiger partial charge in [0.2, 0.25) is 0 Å². The SMILES string of the molecule is C#C[C@]12c3c4ccc(OCC)c3O[C@H]1[C@@H](O[C@@H]1O[C@H](C(=O)NCCSSCCNC(=O)[C@H]3O[C@@H](O[C@H]5C=CC6[C@H]7Cc8ccc(OCC)c9c8[C@@]6(CCN7C)[C@H]5O9)[C@H](O)[C@@H](O)[C@@H]3O)[C@@H](O)[C@H](O)[C@H]1O)C=CC1CN(C)[C@H](C4)C12. The number of likely N-dealkylation sites (N-methyl/N-ethyl adjacent to an activating group) is 2. The van der Waals surface area contributed by atoms with Gasteiger partial charge in [-0.05, 0) is 82.9 Å². The third-order valence-electron chi connectivity index (χ3n) is 18.3. The Hall–Kier alpha value is -4.16. The lowest BCUT2D eigenvalue weighted by atomic mass is 9.53. The minimum absolute atomic E-state index is 0.0221. The zero-order valence-corrected chi connectivity index (χ0v) is 45.6. The average Bonchev–Trinajstić information content (AvgIpc) is 4.22. The van der Waals surface area contributed by atoms with Crippen LogP contribution >= 0.6 is 21.6 Å². The van der Waals surface area contributed by atoms with E-state index in [1.54, 1.807) is 0 Å². The van der Waals surface area contributed by atoms with Gasteiger partial charge in [-0.15, -0.1) is 6.42 Å². The highest BCUT2D eigenvalue weighted by Crippen LogP contribution is 2.64. The highest BCUT2D eigenvalue weighted by Gasteiger charge is 2.68. The van der Waals surface area contributed by atoms with Crippen molar-refractivity contribution in [3.05, 3.63) is 70.8 Å². The second-order valence-corrected chi connectivity index (χ2v) is 25.0. The van der Waals surface area contributed by atoms with Crippen molar-refractivity contribution in [2.75, 3.05) is 65.0 Å². The van der Waals surface area contributed by atoms with Crippen molar-refractivity contribution < 1.29 is 78.1 Å². The summed E-state index contributed by atoms with van der Waals surface area (Å²) in [6.45, 7) is 6.59.